The van der Waals surface area contributed by atoms with Crippen LogP contribution in [0.2, 0.25) is 0 Å². The van der Waals surface area contributed by atoms with E-state index in [9.17, 15) is 10.1 Å². The molecule has 0 bridgehead atoms. The molecule has 4 aromatic rings. The topological polar surface area (TPSA) is 102 Å². The van der Waals surface area contributed by atoms with Crippen molar-refractivity contribution in [3.05, 3.63) is 71.9 Å². The van der Waals surface area contributed by atoms with Gasteiger partial charge in [-0.05, 0) is 43.2 Å². The third-order valence-corrected chi connectivity index (χ3v) is 5.14. The van der Waals surface area contributed by atoms with Crippen molar-refractivity contribution in [1.29, 1.82) is 5.26 Å². The molecular weight excluding hydrogens is 418 g/mol. The number of carbonyl (C=O) groups is 1. The summed E-state index contributed by atoms with van der Waals surface area (Å²) in [5, 5.41) is 17.6. The molecule has 0 aliphatic rings. The normalized spacial score (nSPS) is 10.6. The summed E-state index contributed by atoms with van der Waals surface area (Å²) in [5.74, 6) is 1.92. The zero-order valence-electron chi connectivity index (χ0n) is 18.4. The number of methoxy groups -OCH3 is 1. The van der Waals surface area contributed by atoms with E-state index in [1.807, 2.05) is 61.5 Å². The van der Waals surface area contributed by atoms with Crippen LogP contribution in [0.3, 0.4) is 0 Å². The van der Waals surface area contributed by atoms with Crippen molar-refractivity contribution >= 4 is 22.6 Å². The van der Waals surface area contributed by atoms with Crippen LogP contribution in [0.5, 0.6) is 11.5 Å². The summed E-state index contributed by atoms with van der Waals surface area (Å²) in [4.78, 5) is 17.3. The molecule has 2 aromatic heterocycles. The zero-order valence-corrected chi connectivity index (χ0v) is 18.4. The number of amides is 1. The molecule has 0 saturated carbocycles. The average Bonchev–Trinajstić information content (AvgIpc) is 3.24. The van der Waals surface area contributed by atoms with Crippen LogP contribution < -0.4 is 14.8 Å². The summed E-state index contributed by atoms with van der Waals surface area (Å²) in [6.45, 7) is 2.37. The lowest BCUT2D eigenvalue weighted by molar-refractivity contribution is -0.116. The summed E-state index contributed by atoms with van der Waals surface area (Å²) in [5.41, 5.74) is 1.90. The number of hydrogen-bond donors (Lipinski definition) is 1. The molecule has 0 fully saturated rings. The Morgan fingerprint density at radius 2 is 2.00 bits per heavy atom. The van der Waals surface area contributed by atoms with Gasteiger partial charge in [-0.15, -0.1) is 0 Å². The van der Waals surface area contributed by atoms with Crippen molar-refractivity contribution in [2.75, 3.05) is 19.0 Å². The molecule has 2 aromatic carbocycles. The SMILES string of the molecule is COc1cccc2c(C)cc(-n3ncc(C#N)c3NC(=O)CCCOc3ccccc3)nc12. The highest BCUT2D eigenvalue weighted by Crippen LogP contribution is 2.29. The van der Waals surface area contributed by atoms with Gasteiger partial charge in [0.2, 0.25) is 5.91 Å². The molecule has 8 heteroatoms. The van der Waals surface area contributed by atoms with Crippen molar-refractivity contribution in [3.8, 4) is 23.4 Å². The largest absolute Gasteiger partial charge is 0.494 e. The predicted molar refractivity (Wildman–Crippen MR) is 125 cm³/mol. The van der Waals surface area contributed by atoms with Gasteiger partial charge in [-0.25, -0.2) is 4.98 Å². The number of fused-ring (bicyclic) bond motifs is 1. The second-order valence-electron chi connectivity index (χ2n) is 7.40. The van der Waals surface area contributed by atoms with E-state index < -0.39 is 0 Å². The van der Waals surface area contributed by atoms with Crippen molar-refractivity contribution in [3.63, 3.8) is 0 Å². The van der Waals surface area contributed by atoms with Gasteiger partial charge >= 0.3 is 0 Å². The molecular formula is C25H23N5O3. The number of hydrogen-bond acceptors (Lipinski definition) is 6. The standard InChI is InChI=1S/C25H23N5O3/c1-17-14-22(28-24-20(17)10-6-11-21(24)32-2)30-25(18(15-26)16-27-30)29-23(31)12-7-13-33-19-8-4-3-5-9-19/h3-6,8-11,14,16H,7,12-13H2,1-2H3,(H,29,31). The molecule has 0 radical (unpaired) electrons. The Labute approximate surface area is 191 Å². The number of carbonyl (C=O) groups excluding carboxylic acids is 1. The summed E-state index contributed by atoms with van der Waals surface area (Å²) >= 11 is 0. The maximum Gasteiger partial charge on any atom is 0.225 e. The van der Waals surface area contributed by atoms with Crippen LogP contribution in [0.1, 0.15) is 24.0 Å². The fourth-order valence-electron chi connectivity index (χ4n) is 3.51. The number of nitriles is 1. The van der Waals surface area contributed by atoms with Crippen LogP contribution in [0.25, 0.3) is 16.7 Å². The van der Waals surface area contributed by atoms with Crippen molar-refractivity contribution in [2.24, 2.45) is 0 Å². The number of aromatic nitrogens is 3. The first-order valence-corrected chi connectivity index (χ1v) is 10.5. The monoisotopic (exact) mass is 441 g/mol. The lowest BCUT2D eigenvalue weighted by atomic mass is 10.1. The lowest BCUT2D eigenvalue weighted by Crippen LogP contribution is -2.17. The summed E-state index contributed by atoms with van der Waals surface area (Å²) in [6, 6.07) is 19.1. The van der Waals surface area contributed by atoms with Crippen molar-refractivity contribution in [2.45, 2.75) is 19.8 Å². The highest BCUT2D eigenvalue weighted by Gasteiger charge is 2.17. The first-order valence-electron chi connectivity index (χ1n) is 10.5. The summed E-state index contributed by atoms with van der Waals surface area (Å²) < 4.78 is 12.6. The Kier molecular flexibility index (Phi) is 6.51. The van der Waals surface area contributed by atoms with Crippen LogP contribution >= 0.6 is 0 Å². The zero-order chi connectivity index (χ0) is 23.2. The Hall–Kier alpha value is -4.38. The van der Waals surface area contributed by atoms with E-state index in [0.717, 1.165) is 16.7 Å². The van der Waals surface area contributed by atoms with Gasteiger partial charge in [-0.2, -0.15) is 15.0 Å². The molecule has 8 nitrogen and oxygen atoms in total. The number of pyridine rings is 1. The molecule has 1 N–H and O–H groups in total. The van der Waals surface area contributed by atoms with Gasteiger partial charge in [-0.3, -0.25) is 4.79 Å². The molecule has 33 heavy (non-hydrogen) atoms. The smallest absolute Gasteiger partial charge is 0.225 e. The molecule has 0 aliphatic carbocycles. The third-order valence-electron chi connectivity index (χ3n) is 5.14. The molecule has 0 aliphatic heterocycles. The second kappa shape index (κ2) is 9.83. The van der Waals surface area contributed by atoms with Gasteiger partial charge in [0, 0.05) is 11.8 Å². The number of benzene rings is 2. The minimum Gasteiger partial charge on any atom is -0.494 e. The number of para-hydroxylation sites is 2. The number of nitrogens with one attached hydrogen (secondary N) is 1. The molecule has 1 amide bonds. The highest BCUT2D eigenvalue weighted by atomic mass is 16.5. The minimum atomic E-state index is -0.236. The van der Waals surface area contributed by atoms with Gasteiger partial charge in [0.1, 0.15) is 28.6 Å². The molecule has 0 atom stereocenters. The average molecular weight is 441 g/mol. The number of ether oxygens (including phenoxy) is 2. The van der Waals surface area contributed by atoms with Crippen LogP contribution in [-0.2, 0) is 4.79 Å². The first-order chi connectivity index (χ1) is 16.1. The molecule has 0 saturated heterocycles. The van der Waals surface area contributed by atoms with Crippen LogP contribution in [0.4, 0.5) is 5.82 Å². The second-order valence-corrected chi connectivity index (χ2v) is 7.40. The Morgan fingerprint density at radius 1 is 1.18 bits per heavy atom. The Bertz CT molecular complexity index is 1330. The third kappa shape index (κ3) is 4.77. The van der Waals surface area contributed by atoms with Crippen LogP contribution in [0, 0.1) is 18.3 Å². The van der Waals surface area contributed by atoms with Gasteiger partial charge < -0.3 is 14.8 Å². The summed E-state index contributed by atoms with van der Waals surface area (Å²) in [7, 11) is 1.59. The number of rotatable bonds is 8. The van der Waals surface area contributed by atoms with E-state index >= 15 is 0 Å². The van der Waals surface area contributed by atoms with Gasteiger partial charge in [0.25, 0.3) is 0 Å². The Balaban J connectivity index is 1.53. The minimum absolute atomic E-state index is 0.236. The fourth-order valence-corrected chi connectivity index (χ4v) is 3.51. The first kappa shape index (κ1) is 21.8. The molecule has 0 unspecified atom stereocenters. The maximum atomic E-state index is 12.6. The van der Waals surface area contributed by atoms with E-state index in [0.29, 0.717) is 30.1 Å². The van der Waals surface area contributed by atoms with Gasteiger partial charge in [0.15, 0.2) is 11.6 Å². The quantitative estimate of drug-likeness (QED) is 0.407. The van der Waals surface area contributed by atoms with Gasteiger partial charge in [-0.1, -0.05) is 30.3 Å². The number of nitrogens with zero attached hydrogens (tertiary/aromatic N) is 4. The number of aryl methyl sites for hydroxylation is 1. The van der Waals surface area contributed by atoms with E-state index in [1.54, 1.807) is 7.11 Å². The fraction of sp³-hybridized carbons (Fsp3) is 0.200. The molecule has 4 rings (SSSR count). The Morgan fingerprint density at radius 3 is 2.76 bits per heavy atom. The van der Waals surface area contributed by atoms with Crippen LogP contribution in [-0.4, -0.2) is 34.4 Å². The van der Waals surface area contributed by atoms with Crippen LogP contribution in [0.15, 0.2) is 60.8 Å². The lowest BCUT2D eigenvalue weighted by Gasteiger charge is -2.12. The summed E-state index contributed by atoms with van der Waals surface area (Å²) in [6.07, 6.45) is 2.18. The van der Waals surface area contributed by atoms with Gasteiger partial charge in [0.05, 0.1) is 19.9 Å². The number of anilines is 1. The molecule has 2 heterocycles. The van der Waals surface area contributed by atoms with E-state index in [1.165, 1.54) is 10.9 Å². The highest BCUT2D eigenvalue weighted by molar-refractivity contribution is 5.92. The van der Waals surface area contributed by atoms with E-state index in [2.05, 4.69) is 16.5 Å². The van der Waals surface area contributed by atoms with E-state index in [4.69, 9.17) is 14.5 Å². The maximum absolute atomic E-state index is 12.6. The molecule has 0 spiro atoms. The molecule has 166 valence electrons. The predicted octanol–water partition coefficient (Wildman–Crippen LogP) is 4.41. The van der Waals surface area contributed by atoms with E-state index in [-0.39, 0.29) is 23.7 Å². The van der Waals surface area contributed by atoms with Crippen molar-refractivity contribution < 1.29 is 14.3 Å². The van der Waals surface area contributed by atoms with Crippen molar-refractivity contribution in [1.82, 2.24) is 14.8 Å².